The quantitative estimate of drug-likeness (QED) is 0.260. The van der Waals surface area contributed by atoms with E-state index in [2.05, 4.69) is 10.6 Å². The molecule has 4 rings (SSSR count). The lowest BCUT2D eigenvalue weighted by Crippen LogP contribution is -2.57. The number of hydrogen-bond acceptors (Lipinski definition) is 7. The van der Waals surface area contributed by atoms with Gasteiger partial charge >= 0.3 is 0 Å². The van der Waals surface area contributed by atoms with Gasteiger partial charge < -0.3 is 35.2 Å². The topological polar surface area (TPSA) is 120 Å². The molecular weight excluding hydrogens is 560 g/mol. The molecule has 2 aromatic carbocycles. The van der Waals surface area contributed by atoms with Crippen LogP contribution < -0.4 is 10.6 Å². The fourth-order valence-corrected chi connectivity index (χ4v) is 6.08. The minimum absolute atomic E-state index is 0.0212. The van der Waals surface area contributed by atoms with E-state index in [0.29, 0.717) is 44.7 Å². The highest BCUT2D eigenvalue weighted by Gasteiger charge is 2.34. The molecule has 0 aliphatic carbocycles. The number of ether oxygens (including phenoxy) is 2. The van der Waals surface area contributed by atoms with Gasteiger partial charge in [-0.3, -0.25) is 9.59 Å². The van der Waals surface area contributed by atoms with Crippen molar-refractivity contribution in [1.82, 2.24) is 15.5 Å². The maximum atomic E-state index is 14.0. The molecule has 4 N–H and O–H groups in total. The molecule has 0 aromatic heterocycles. The van der Waals surface area contributed by atoms with Gasteiger partial charge in [0.05, 0.1) is 30.9 Å². The molecule has 9 nitrogen and oxygen atoms in total. The Labute approximate surface area is 251 Å². The van der Waals surface area contributed by atoms with E-state index in [4.69, 9.17) is 14.6 Å². The van der Waals surface area contributed by atoms with Crippen molar-refractivity contribution in [3.63, 3.8) is 0 Å². The number of rotatable bonds is 13. The first-order valence-corrected chi connectivity index (χ1v) is 15.0. The number of nitrogens with one attached hydrogen (secondary N) is 2. The number of benzene rings is 2. The Kier molecular flexibility index (Phi) is 12.0. The number of halogens is 2. The Hall–Kier alpha value is -2.96. The smallest absolute Gasteiger partial charge is 0.254 e. The first-order valence-electron chi connectivity index (χ1n) is 15.0. The van der Waals surface area contributed by atoms with Gasteiger partial charge in [-0.15, -0.1) is 0 Å². The average Bonchev–Trinajstić information content (AvgIpc) is 3.44. The Morgan fingerprint density at radius 3 is 2.58 bits per heavy atom. The Balaban J connectivity index is 1.55. The minimum atomic E-state index is -1.12. The lowest BCUT2D eigenvalue weighted by molar-refractivity contribution is -0.0113. The number of nitrogens with zero attached hydrogens (tertiary/aromatic N) is 1. The van der Waals surface area contributed by atoms with Gasteiger partial charge in [0, 0.05) is 50.1 Å². The predicted octanol–water partition coefficient (Wildman–Crippen LogP) is 2.75. The number of hydrogen-bond donors (Lipinski definition) is 4. The first-order chi connectivity index (χ1) is 20.7. The molecule has 2 amide bonds. The molecule has 2 aliphatic heterocycles. The summed E-state index contributed by atoms with van der Waals surface area (Å²) >= 11 is 0. The molecule has 0 saturated carbocycles. The van der Waals surface area contributed by atoms with E-state index in [9.17, 15) is 23.5 Å². The van der Waals surface area contributed by atoms with Gasteiger partial charge in [0.1, 0.15) is 11.6 Å². The lowest BCUT2D eigenvalue weighted by atomic mass is 9.90. The monoisotopic (exact) mass is 603 g/mol. The van der Waals surface area contributed by atoms with Gasteiger partial charge in [-0.1, -0.05) is 0 Å². The summed E-state index contributed by atoms with van der Waals surface area (Å²) in [7, 11) is 1.60. The van der Waals surface area contributed by atoms with Crippen molar-refractivity contribution in [1.29, 1.82) is 0 Å². The Bertz CT molecular complexity index is 1230. The van der Waals surface area contributed by atoms with Gasteiger partial charge in [0.2, 0.25) is 0 Å². The standard InChI is InChI=1S/C32H43F2N3O6/c1-20-11-22(16-23(12-20)32(41)37-8-3-5-26(37)19-42-2)31(40)36-29(15-21-13-24(33)17-25(34)14-21)30(39)28-18-27(6-7-35-28)43-10-4-9-38/h11-14,16-17,26-30,35,38-39H,3-10,15,18-19H2,1-2H3,(H,36,40)/t26-,27+,28?,29?,30-/m1/s1. The van der Waals surface area contributed by atoms with Crippen molar-refractivity contribution in [2.24, 2.45) is 0 Å². The van der Waals surface area contributed by atoms with Crippen LogP contribution in [-0.4, -0.2) is 97.3 Å². The van der Waals surface area contributed by atoms with Gasteiger partial charge in [-0.2, -0.15) is 0 Å². The normalized spacial score (nSPS) is 21.9. The number of aliphatic hydroxyl groups excluding tert-OH is 2. The summed E-state index contributed by atoms with van der Waals surface area (Å²) < 4.78 is 39.2. The van der Waals surface area contributed by atoms with E-state index in [1.54, 1.807) is 37.1 Å². The molecular formula is C32H43F2N3O6. The van der Waals surface area contributed by atoms with Gasteiger partial charge in [0.25, 0.3) is 11.8 Å². The summed E-state index contributed by atoms with van der Waals surface area (Å²) in [5, 5.41) is 26.7. The highest BCUT2D eigenvalue weighted by atomic mass is 19.1. The van der Waals surface area contributed by atoms with Crippen molar-refractivity contribution < 1.29 is 38.1 Å². The molecule has 2 saturated heterocycles. The molecule has 2 aromatic rings. The summed E-state index contributed by atoms with van der Waals surface area (Å²) in [6.07, 6.45) is 2.12. The van der Waals surface area contributed by atoms with Crippen LogP contribution in [0.2, 0.25) is 0 Å². The summed E-state index contributed by atoms with van der Waals surface area (Å²) in [5.74, 6) is -2.20. The molecule has 2 fully saturated rings. The van der Waals surface area contributed by atoms with E-state index >= 15 is 0 Å². The van der Waals surface area contributed by atoms with Crippen LogP contribution in [0.25, 0.3) is 0 Å². The summed E-state index contributed by atoms with van der Waals surface area (Å²) in [6.45, 7) is 3.84. The third kappa shape index (κ3) is 9.02. The van der Waals surface area contributed by atoms with Gasteiger partial charge in [-0.25, -0.2) is 8.78 Å². The average molecular weight is 604 g/mol. The fourth-order valence-electron chi connectivity index (χ4n) is 6.08. The molecule has 5 atom stereocenters. The zero-order valence-electron chi connectivity index (χ0n) is 24.9. The van der Waals surface area contributed by atoms with Crippen LogP contribution in [0.5, 0.6) is 0 Å². The molecule has 43 heavy (non-hydrogen) atoms. The number of likely N-dealkylation sites (tertiary alicyclic amines) is 1. The fraction of sp³-hybridized carbons (Fsp3) is 0.562. The second kappa shape index (κ2) is 15.7. The van der Waals surface area contributed by atoms with Gasteiger partial charge in [-0.05, 0) is 93.5 Å². The summed E-state index contributed by atoms with van der Waals surface area (Å²) in [5.41, 5.74) is 1.64. The van der Waals surface area contributed by atoms with E-state index in [0.717, 1.165) is 30.9 Å². The second-order valence-electron chi connectivity index (χ2n) is 11.5. The predicted molar refractivity (Wildman–Crippen MR) is 157 cm³/mol. The molecule has 0 spiro atoms. The second-order valence-corrected chi connectivity index (χ2v) is 11.5. The maximum absolute atomic E-state index is 14.0. The van der Waals surface area contributed by atoms with E-state index < -0.39 is 35.7 Å². The SMILES string of the molecule is COC[C@H]1CCCN1C(=O)c1cc(C)cc(C(=O)NC(Cc2cc(F)cc(F)c2)[C@H](O)C2C[C@@H](OCCCO)CCN2)c1. The number of methoxy groups -OCH3 is 1. The van der Waals surface area contributed by atoms with Crippen molar-refractivity contribution in [2.45, 2.75) is 75.8 Å². The maximum Gasteiger partial charge on any atom is 0.254 e. The van der Waals surface area contributed by atoms with E-state index in [-0.39, 0.29) is 42.2 Å². The molecule has 2 aliphatic rings. The largest absolute Gasteiger partial charge is 0.396 e. The van der Waals surface area contributed by atoms with Crippen LogP contribution in [0.3, 0.4) is 0 Å². The van der Waals surface area contributed by atoms with E-state index in [1.807, 2.05) is 0 Å². The van der Waals surface area contributed by atoms with Crippen LogP contribution >= 0.6 is 0 Å². The van der Waals surface area contributed by atoms with Crippen LogP contribution in [0.15, 0.2) is 36.4 Å². The van der Waals surface area contributed by atoms with Crippen LogP contribution in [-0.2, 0) is 15.9 Å². The molecule has 236 valence electrons. The lowest BCUT2D eigenvalue weighted by Gasteiger charge is -2.37. The zero-order chi connectivity index (χ0) is 30.9. The third-order valence-electron chi connectivity index (χ3n) is 8.15. The highest BCUT2D eigenvalue weighted by molar-refractivity contribution is 6.00. The Morgan fingerprint density at radius 2 is 1.86 bits per heavy atom. The van der Waals surface area contributed by atoms with Crippen molar-refractivity contribution >= 4 is 11.8 Å². The molecule has 0 radical (unpaired) electrons. The molecule has 2 unspecified atom stereocenters. The van der Waals surface area contributed by atoms with Crippen molar-refractivity contribution in [3.8, 4) is 0 Å². The number of carbonyl (C=O) groups is 2. The molecule has 2 heterocycles. The number of carbonyl (C=O) groups excluding carboxylic acids is 2. The first kappa shape index (κ1) is 32.9. The van der Waals surface area contributed by atoms with Crippen LogP contribution in [0, 0.1) is 18.6 Å². The van der Waals surface area contributed by atoms with Crippen LogP contribution in [0.4, 0.5) is 8.78 Å². The number of aryl methyl sites for hydroxylation is 1. The summed E-state index contributed by atoms with van der Waals surface area (Å²) in [6, 6.07) is 6.69. The van der Waals surface area contributed by atoms with Crippen molar-refractivity contribution in [3.05, 3.63) is 70.3 Å². The zero-order valence-corrected chi connectivity index (χ0v) is 24.9. The highest BCUT2D eigenvalue weighted by Crippen LogP contribution is 2.23. The minimum Gasteiger partial charge on any atom is -0.396 e. The Morgan fingerprint density at radius 1 is 1.12 bits per heavy atom. The van der Waals surface area contributed by atoms with Gasteiger partial charge in [0.15, 0.2) is 0 Å². The molecule has 11 heteroatoms. The van der Waals surface area contributed by atoms with E-state index in [1.165, 1.54) is 12.1 Å². The molecule has 0 bridgehead atoms. The van der Waals surface area contributed by atoms with Crippen LogP contribution in [0.1, 0.15) is 63.9 Å². The number of aliphatic hydroxyl groups is 2. The van der Waals surface area contributed by atoms with Crippen molar-refractivity contribution in [2.75, 3.05) is 40.0 Å². The number of piperidine rings is 1. The third-order valence-corrected chi connectivity index (χ3v) is 8.15. The number of amides is 2. The summed E-state index contributed by atoms with van der Waals surface area (Å²) in [4.78, 5) is 28.8.